The molecule has 1 aromatic carbocycles. The van der Waals surface area contributed by atoms with E-state index in [1.54, 1.807) is 17.6 Å². The Balaban J connectivity index is 0.00000261. The van der Waals surface area contributed by atoms with Crippen molar-refractivity contribution in [3.63, 3.8) is 0 Å². The van der Waals surface area contributed by atoms with Gasteiger partial charge >= 0.3 is 6.18 Å². The lowest BCUT2D eigenvalue weighted by Gasteiger charge is -2.24. The van der Waals surface area contributed by atoms with Crippen LogP contribution in [0, 0.1) is 6.92 Å². The zero-order valence-corrected chi connectivity index (χ0v) is 15.9. The number of carbonyl (C=O) groups excluding carboxylic acids is 1. The van der Waals surface area contributed by atoms with E-state index in [1.165, 1.54) is 23.5 Å². The molecule has 3 rings (SSSR count). The minimum absolute atomic E-state index is 0. The number of hydrogen-bond donors (Lipinski definition) is 3. The second-order valence-corrected chi connectivity index (χ2v) is 7.08. The van der Waals surface area contributed by atoms with Crippen LogP contribution in [0.1, 0.15) is 23.7 Å². The molecule has 10 heteroatoms. The number of aliphatic hydroxyl groups excluding tert-OH is 1. The molecule has 148 valence electrons. The molecule has 1 aliphatic heterocycles. The van der Waals surface area contributed by atoms with Gasteiger partial charge in [-0.05, 0) is 24.5 Å². The van der Waals surface area contributed by atoms with E-state index < -0.39 is 30.3 Å². The second-order valence-electron chi connectivity index (χ2n) is 6.22. The Kier molecular flexibility index (Phi) is 6.85. The normalized spacial score (nSPS) is 20.8. The van der Waals surface area contributed by atoms with Crippen LogP contribution in [0.25, 0.3) is 10.4 Å². The van der Waals surface area contributed by atoms with Gasteiger partial charge in [0.05, 0.1) is 28.2 Å². The summed E-state index contributed by atoms with van der Waals surface area (Å²) in [6.07, 6.45) is -5.26. The minimum atomic E-state index is -4.63. The number of carbonyl (C=O) groups is 1. The summed E-state index contributed by atoms with van der Waals surface area (Å²) in [5.41, 5.74) is 3.23. The highest BCUT2D eigenvalue weighted by Crippen LogP contribution is 2.35. The molecule has 0 bridgehead atoms. The van der Waals surface area contributed by atoms with Crippen molar-refractivity contribution in [3.8, 4) is 10.4 Å². The summed E-state index contributed by atoms with van der Waals surface area (Å²) < 4.78 is 40.4. The number of benzene rings is 1. The molecular formula is C17H19ClF3N3O2S. The third kappa shape index (κ3) is 4.98. The van der Waals surface area contributed by atoms with Crippen molar-refractivity contribution in [2.24, 2.45) is 0 Å². The van der Waals surface area contributed by atoms with Crippen molar-refractivity contribution in [1.29, 1.82) is 0 Å². The SMILES string of the molecule is Cc1ncsc1-c1ccc(C(NC(=O)[C@@H]2C[C@@H](O)CN2)C(F)(F)F)cc1.Cl. The highest BCUT2D eigenvalue weighted by Gasteiger charge is 2.43. The smallest absolute Gasteiger partial charge is 0.392 e. The first kappa shape index (κ1) is 21.6. The number of hydrogen-bond acceptors (Lipinski definition) is 5. The Bertz CT molecular complexity index is 782. The Morgan fingerprint density at radius 2 is 2.04 bits per heavy atom. The van der Waals surface area contributed by atoms with Gasteiger partial charge in [-0.1, -0.05) is 24.3 Å². The van der Waals surface area contributed by atoms with Gasteiger partial charge in [0.1, 0.15) is 0 Å². The number of halogens is 4. The van der Waals surface area contributed by atoms with Gasteiger partial charge in [0.15, 0.2) is 6.04 Å². The maximum Gasteiger partial charge on any atom is 0.412 e. The fourth-order valence-electron chi connectivity index (χ4n) is 2.92. The molecule has 1 saturated heterocycles. The van der Waals surface area contributed by atoms with Crippen LogP contribution in [0.4, 0.5) is 13.2 Å². The maximum absolute atomic E-state index is 13.5. The molecule has 2 aromatic rings. The van der Waals surface area contributed by atoms with Crippen LogP contribution in [-0.2, 0) is 4.79 Å². The van der Waals surface area contributed by atoms with E-state index >= 15 is 0 Å². The van der Waals surface area contributed by atoms with E-state index in [1.807, 2.05) is 6.92 Å². The Hall–Kier alpha value is -1.68. The third-order valence-corrected chi connectivity index (χ3v) is 5.27. The number of β-amino-alcohol motifs (C(OH)–C–C–N with tert-alkyl or cyclic N) is 1. The van der Waals surface area contributed by atoms with Gasteiger partial charge in [-0.2, -0.15) is 13.2 Å². The van der Waals surface area contributed by atoms with Crippen molar-refractivity contribution >= 4 is 29.7 Å². The first-order chi connectivity index (χ1) is 12.3. The van der Waals surface area contributed by atoms with Gasteiger partial charge in [-0.3, -0.25) is 4.79 Å². The van der Waals surface area contributed by atoms with Crippen molar-refractivity contribution in [2.75, 3.05) is 6.54 Å². The van der Waals surface area contributed by atoms with Crippen molar-refractivity contribution in [3.05, 3.63) is 41.0 Å². The van der Waals surface area contributed by atoms with Crippen molar-refractivity contribution < 1.29 is 23.1 Å². The van der Waals surface area contributed by atoms with E-state index in [9.17, 15) is 23.1 Å². The Labute approximate surface area is 164 Å². The van der Waals surface area contributed by atoms with Crippen LogP contribution < -0.4 is 10.6 Å². The quantitative estimate of drug-likeness (QED) is 0.709. The highest BCUT2D eigenvalue weighted by molar-refractivity contribution is 7.13. The van der Waals surface area contributed by atoms with Crippen LogP contribution in [0.2, 0.25) is 0 Å². The van der Waals surface area contributed by atoms with Gasteiger partial charge in [0.2, 0.25) is 5.91 Å². The van der Waals surface area contributed by atoms with E-state index in [4.69, 9.17) is 0 Å². The number of aryl methyl sites for hydroxylation is 1. The average Bonchev–Trinajstić information content (AvgIpc) is 3.20. The number of nitrogens with zero attached hydrogens (tertiary/aromatic N) is 1. The zero-order chi connectivity index (χ0) is 18.9. The topological polar surface area (TPSA) is 74.2 Å². The van der Waals surface area contributed by atoms with Crippen LogP contribution in [0.15, 0.2) is 29.8 Å². The fourth-order valence-corrected chi connectivity index (χ4v) is 3.73. The Morgan fingerprint density at radius 1 is 1.37 bits per heavy atom. The number of alkyl halides is 3. The average molecular weight is 422 g/mol. The molecule has 2 heterocycles. The fraction of sp³-hybridized carbons (Fsp3) is 0.412. The monoisotopic (exact) mass is 421 g/mol. The van der Waals surface area contributed by atoms with Gasteiger partial charge in [-0.25, -0.2) is 4.98 Å². The molecular weight excluding hydrogens is 403 g/mol. The number of rotatable bonds is 4. The summed E-state index contributed by atoms with van der Waals surface area (Å²) in [6.45, 7) is 2.03. The summed E-state index contributed by atoms with van der Waals surface area (Å²) in [5.74, 6) is -0.772. The first-order valence-corrected chi connectivity index (χ1v) is 8.92. The summed E-state index contributed by atoms with van der Waals surface area (Å²) >= 11 is 1.42. The van der Waals surface area contributed by atoms with Gasteiger partial charge in [0.25, 0.3) is 0 Å². The molecule has 1 aromatic heterocycles. The largest absolute Gasteiger partial charge is 0.412 e. The molecule has 1 aliphatic rings. The molecule has 3 atom stereocenters. The zero-order valence-electron chi connectivity index (χ0n) is 14.3. The summed E-state index contributed by atoms with van der Waals surface area (Å²) in [5, 5.41) is 14.2. The summed E-state index contributed by atoms with van der Waals surface area (Å²) in [6, 6.07) is 2.99. The molecule has 1 unspecified atom stereocenters. The van der Waals surface area contributed by atoms with E-state index in [0.29, 0.717) is 0 Å². The number of aromatic nitrogens is 1. The lowest BCUT2D eigenvalue weighted by atomic mass is 10.0. The predicted molar refractivity (Wildman–Crippen MR) is 98.9 cm³/mol. The Morgan fingerprint density at radius 3 is 2.52 bits per heavy atom. The van der Waals surface area contributed by atoms with Gasteiger partial charge in [0, 0.05) is 6.54 Å². The first-order valence-electron chi connectivity index (χ1n) is 8.04. The summed E-state index contributed by atoms with van der Waals surface area (Å²) in [4.78, 5) is 17.2. The van der Waals surface area contributed by atoms with Gasteiger partial charge < -0.3 is 15.7 Å². The molecule has 0 aliphatic carbocycles. The highest BCUT2D eigenvalue weighted by atomic mass is 35.5. The molecule has 1 fully saturated rings. The van der Waals surface area contributed by atoms with Crippen LogP contribution in [0.5, 0.6) is 0 Å². The maximum atomic E-state index is 13.5. The van der Waals surface area contributed by atoms with Crippen LogP contribution in [-0.4, -0.2) is 40.9 Å². The van der Waals surface area contributed by atoms with Crippen LogP contribution in [0.3, 0.4) is 0 Å². The predicted octanol–water partition coefficient (Wildman–Crippen LogP) is 2.98. The van der Waals surface area contributed by atoms with Crippen LogP contribution >= 0.6 is 23.7 Å². The van der Waals surface area contributed by atoms with Crippen molar-refractivity contribution in [1.82, 2.24) is 15.6 Å². The van der Waals surface area contributed by atoms with E-state index in [2.05, 4.69) is 15.6 Å². The molecule has 0 spiro atoms. The molecule has 1 amide bonds. The number of nitrogens with one attached hydrogen (secondary N) is 2. The third-order valence-electron chi connectivity index (χ3n) is 4.29. The molecule has 0 saturated carbocycles. The standard InChI is InChI=1S/C17H18F3N3O2S.ClH/c1-9-14(26-8-22-9)10-2-4-11(5-3-10)15(17(18,19)20)23-16(25)13-6-12(24)7-21-13;/h2-5,8,12-13,15,21,24H,6-7H2,1H3,(H,23,25);1H/t12-,13+,15?;/m1./s1. The number of aliphatic hydroxyl groups is 1. The molecule has 5 nitrogen and oxygen atoms in total. The summed E-state index contributed by atoms with van der Waals surface area (Å²) in [7, 11) is 0. The van der Waals surface area contributed by atoms with E-state index in [-0.39, 0.29) is 30.9 Å². The lowest BCUT2D eigenvalue weighted by molar-refractivity contribution is -0.164. The lowest BCUT2D eigenvalue weighted by Crippen LogP contribution is -2.46. The number of amides is 1. The molecule has 27 heavy (non-hydrogen) atoms. The van der Waals surface area contributed by atoms with Crippen molar-refractivity contribution in [2.45, 2.75) is 37.7 Å². The molecule has 0 radical (unpaired) electrons. The second kappa shape index (κ2) is 8.55. The molecule has 3 N–H and O–H groups in total. The minimum Gasteiger partial charge on any atom is -0.392 e. The number of thiazole rings is 1. The van der Waals surface area contributed by atoms with E-state index in [0.717, 1.165) is 16.1 Å². The van der Waals surface area contributed by atoms with Gasteiger partial charge in [-0.15, -0.1) is 23.7 Å².